The zero-order chi connectivity index (χ0) is 17.8. The molecular formula is C19H26Cl3N3O2. The van der Waals surface area contributed by atoms with Gasteiger partial charge in [0.25, 0.3) is 0 Å². The molecule has 3 rings (SSSR count). The van der Waals surface area contributed by atoms with E-state index in [4.69, 9.17) is 21.8 Å². The van der Waals surface area contributed by atoms with Crippen molar-refractivity contribution in [2.24, 2.45) is 5.73 Å². The van der Waals surface area contributed by atoms with Crippen LogP contribution >= 0.6 is 36.4 Å². The van der Waals surface area contributed by atoms with Gasteiger partial charge in [0.1, 0.15) is 0 Å². The minimum absolute atomic E-state index is 0. The van der Waals surface area contributed by atoms with Crippen LogP contribution in [0.25, 0.3) is 11.3 Å². The lowest BCUT2D eigenvalue weighted by atomic mass is 9.96. The van der Waals surface area contributed by atoms with Crippen molar-refractivity contribution in [3.05, 3.63) is 41.4 Å². The lowest BCUT2D eigenvalue weighted by Crippen LogP contribution is -2.51. The van der Waals surface area contributed by atoms with E-state index in [9.17, 15) is 4.79 Å². The number of aromatic nitrogens is 1. The van der Waals surface area contributed by atoms with Gasteiger partial charge in [-0.15, -0.1) is 24.8 Å². The van der Waals surface area contributed by atoms with Crippen LogP contribution in [0.1, 0.15) is 38.5 Å². The average Bonchev–Trinajstić information content (AvgIpc) is 3.08. The fourth-order valence-electron chi connectivity index (χ4n) is 3.38. The molecule has 0 bridgehead atoms. The van der Waals surface area contributed by atoms with Crippen molar-refractivity contribution in [2.75, 3.05) is 6.54 Å². The van der Waals surface area contributed by atoms with Crippen molar-refractivity contribution in [1.82, 2.24) is 9.88 Å². The van der Waals surface area contributed by atoms with E-state index in [0.717, 1.165) is 31.4 Å². The Labute approximate surface area is 177 Å². The summed E-state index contributed by atoms with van der Waals surface area (Å²) in [6, 6.07) is 7.61. The van der Waals surface area contributed by atoms with Crippen LogP contribution in [0.4, 0.5) is 0 Å². The molecule has 2 heterocycles. The maximum atomic E-state index is 12.6. The maximum absolute atomic E-state index is 12.6. The maximum Gasteiger partial charge on any atom is 0.223 e. The molecule has 1 fully saturated rings. The van der Waals surface area contributed by atoms with Crippen LogP contribution < -0.4 is 5.73 Å². The van der Waals surface area contributed by atoms with Crippen molar-refractivity contribution < 1.29 is 9.21 Å². The number of amides is 1. The number of carbonyl (C=O) groups is 1. The lowest BCUT2D eigenvalue weighted by molar-refractivity contribution is -0.135. The van der Waals surface area contributed by atoms with Crippen LogP contribution in [0, 0.1) is 0 Å². The van der Waals surface area contributed by atoms with Crippen LogP contribution in [-0.4, -0.2) is 34.4 Å². The minimum atomic E-state index is -0.00203. The second kappa shape index (κ2) is 10.9. The number of halogens is 3. The Kier molecular flexibility index (Phi) is 9.60. The smallest absolute Gasteiger partial charge is 0.223 e. The number of likely N-dealkylation sites (tertiary alicyclic amines) is 1. The topological polar surface area (TPSA) is 72.4 Å². The third kappa shape index (κ3) is 5.85. The highest BCUT2D eigenvalue weighted by atomic mass is 35.5. The highest BCUT2D eigenvalue weighted by Crippen LogP contribution is 2.28. The number of hydrogen-bond donors (Lipinski definition) is 1. The molecule has 150 valence electrons. The molecule has 5 nitrogen and oxygen atoms in total. The summed E-state index contributed by atoms with van der Waals surface area (Å²) in [6.07, 6.45) is 5.68. The molecule has 1 saturated heterocycles. The van der Waals surface area contributed by atoms with Crippen LogP contribution in [-0.2, 0) is 11.2 Å². The Morgan fingerprint density at radius 3 is 2.81 bits per heavy atom. The van der Waals surface area contributed by atoms with Gasteiger partial charge in [0.15, 0.2) is 11.7 Å². The van der Waals surface area contributed by atoms with Crippen LogP contribution in [0.15, 0.2) is 34.9 Å². The molecule has 8 heteroatoms. The predicted octanol–water partition coefficient (Wildman–Crippen LogP) is 4.50. The van der Waals surface area contributed by atoms with Crippen LogP contribution in [0.3, 0.4) is 0 Å². The van der Waals surface area contributed by atoms with E-state index < -0.39 is 0 Å². The number of benzene rings is 1. The van der Waals surface area contributed by atoms with Crippen molar-refractivity contribution >= 4 is 42.3 Å². The summed E-state index contributed by atoms with van der Waals surface area (Å²) in [5.74, 6) is 1.30. The van der Waals surface area contributed by atoms with Crippen LogP contribution in [0.5, 0.6) is 0 Å². The largest absolute Gasteiger partial charge is 0.441 e. The Morgan fingerprint density at radius 1 is 1.37 bits per heavy atom. The first-order chi connectivity index (χ1) is 12.1. The van der Waals surface area contributed by atoms with Crippen LogP contribution in [0.2, 0.25) is 5.02 Å². The van der Waals surface area contributed by atoms with Gasteiger partial charge in [-0.1, -0.05) is 23.7 Å². The zero-order valence-electron chi connectivity index (χ0n) is 15.3. The second-order valence-corrected chi connectivity index (χ2v) is 7.01. The molecule has 0 aliphatic carbocycles. The Hall–Kier alpha value is -1.27. The number of oxazole rings is 1. The summed E-state index contributed by atoms with van der Waals surface area (Å²) in [5, 5.41) is 0.620. The number of carbonyl (C=O) groups excluding carboxylic acids is 1. The third-order valence-corrected chi connectivity index (χ3v) is 5.05. The standard InChI is InChI=1S/C19H24ClN3O2.2ClH/c1-13(21)16-8-4-5-11-23(16)19(24)10-9-18-22-12-17(25-18)14-6-2-3-7-15(14)20;;/h2-3,6-7,12-13,16H,4-5,8-11,21H2,1H3;2*1H. The molecule has 1 aliphatic rings. The number of rotatable bonds is 5. The molecule has 27 heavy (non-hydrogen) atoms. The first kappa shape index (κ1) is 23.8. The molecule has 1 aromatic carbocycles. The molecule has 1 amide bonds. The average molecular weight is 435 g/mol. The van der Waals surface area contributed by atoms with Crippen molar-refractivity contribution in [1.29, 1.82) is 0 Å². The number of aryl methyl sites for hydroxylation is 1. The van der Waals surface area contributed by atoms with Gasteiger partial charge in [0, 0.05) is 37.0 Å². The number of nitrogens with two attached hydrogens (primary N) is 1. The molecule has 0 radical (unpaired) electrons. The van der Waals surface area contributed by atoms with E-state index in [1.54, 1.807) is 6.20 Å². The molecule has 2 N–H and O–H groups in total. The summed E-state index contributed by atoms with van der Waals surface area (Å²) in [4.78, 5) is 18.8. The highest BCUT2D eigenvalue weighted by Gasteiger charge is 2.29. The van der Waals surface area contributed by atoms with E-state index in [1.807, 2.05) is 36.1 Å². The summed E-state index contributed by atoms with van der Waals surface area (Å²) < 4.78 is 5.77. The molecule has 0 spiro atoms. The van der Waals surface area contributed by atoms with Gasteiger partial charge >= 0.3 is 0 Å². The van der Waals surface area contributed by atoms with Crippen molar-refractivity contribution in [2.45, 2.75) is 51.1 Å². The van der Waals surface area contributed by atoms with Gasteiger partial charge in [0.05, 0.1) is 11.2 Å². The minimum Gasteiger partial charge on any atom is -0.441 e. The van der Waals surface area contributed by atoms with E-state index in [1.165, 1.54) is 0 Å². The van der Waals surface area contributed by atoms with Gasteiger partial charge in [-0.3, -0.25) is 4.79 Å². The monoisotopic (exact) mass is 433 g/mol. The van der Waals surface area contributed by atoms with Crippen molar-refractivity contribution in [3.8, 4) is 11.3 Å². The van der Waals surface area contributed by atoms with Gasteiger partial charge < -0.3 is 15.1 Å². The number of piperidine rings is 1. The molecule has 2 aromatic rings. The summed E-state index contributed by atoms with van der Waals surface area (Å²) in [7, 11) is 0. The molecule has 1 aromatic heterocycles. The first-order valence-corrected chi connectivity index (χ1v) is 9.18. The molecule has 0 saturated carbocycles. The molecular weight excluding hydrogens is 409 g/mol. The van der Waals surface area contributed by atoms with Gasteiger partial charge in [-0.25, -0.2) is 4.98 Å². The summed E-state index contributed by atoms with van der Waals surface area (Å²) in [6.45, 7) is 2.77. The van der Waals surface area contributed by atoms with E-state index in [-0.39, 0.29) is 42.8 Å². The van der Waals surface area contributed by atoms with Crippen molar-refractivity contribution in [3.63, 3.8) is 0 Å². The number of hydrogen-bond acceptors (Lipinski definition) is 4. The van der Waals surface area contributed by atoms with Gasteiger partial charge in [0.2, 0.25) is 5.91 Å². The predicted molar refractivity (Wildman–Crippen MR) is 113 cm³/mol. The van der Waals surface area contributed by atoms with Gasteiger partial charge in [-0.2, -0.15) is 0 Å². The fraction of sp³-hybridized carbons (Fsp3) is 0.474. The molecule has 1 aliphatic heterocycles. The van der Waals surface area contributed by atoms with Gasteiger partial charge in [-0.05, 0) is 38.3 Å². The molecule has 2 atom stereocenters. The number of nitrogens with zero attached hydrogens (tertiary/aromatic N) is 2. The first-order valence-electron chi connectivity index (χ1n) is 8.81. The second-order valence-electron chi connectivity index (χ2n) is 6.61. The highest BCUT2D eigenvalue weighted by molar-refractivity contribution is 6.33. The Balaban J connectivity index is 0.00000182. The normalized spacial score (nSPS) is 17.6. The zero-order valence-corrected chi connectivity index (χ0v) is 17.7. The Morgan fingerprint density at radius 2 is 2.11 bits per heavy atom. The van der Waals surface area contributed by atoms with E-state index in [2.05, 4.69) is 4.98 Å². The Bertz CT molecular complexity index is 736. The quantitative estimate of drug-likeness (QED) is 0.752. The lowest BCUT2D eigenvalue weighted by Gasteiger charge is -2.38. The van der Waals surface area contributed by atoms with E-state index >= 15 is 0 Å². The third-order valence-electron chi connectivity index (χ3n) is 4.72. The fourth-order valence-corrected chi connectivity index (χ4v) is 3.61. The summed E-state index contributed by atoms with van der Waals surface area (Å²) in [5.41, 5.74) is 6.85. The SMILES string of the molecule is CC(N)C1CCCCN1C(=O)CCc1ncc(-c2ccccc2Cl)o1.Cl.Cl. The summed E-state index contributed by atoms with van der Waals surface area (Å²) >= 11 is 6.18. The molecule has 2 unspecified atom stereocenters. The van der Waals surface area contributed by atoms with E-state index in [0.29, 0.717) is 29.5 Å².